The van der Waals surface area contributed by atoms with E-state index >= 15 is 0 Å². The van der Waals surface area contributed by atoms with Crippen LogP contribution < -0.4 is 5.32 Å². The van der Waals surface area contributed by atoms with E-state index in [4.69, 9.17) is 14.2 Å². The standard InChI is InChI=1S/C26H35N3O5S/c1-32-13-14-33-15-16-34-17-24(30)29-11-9-20(10-12-29)26-28-23(18-35-26)25(31)27-22-8-4-6-19-5-2-3-7-21(19)22/h2-3,5,7,18,20,22H,4,6,8-17H2,1H3,(H,27,31). The summed E-state index contributed by atoms with van der Waals surface area (Å²) < 4.78 is 15.7. The summed E-state index contributed by atoms with van der Waals surface area (Å²) in [6, 6.07) is 8.40. The number of rotatable bonds is 11. The van der Waals surface area contributed by atoms with Gasteiger partial charge in [0.15, 0.2) is 0 Å². The molecule has 0 spiro atoms. The third kappa shape index (κ3) is 7.10. The molecule has 1 aromatic carbocycles. The van der Waals surface area contributed by atoms with Gasteiger partial charge < -0.3 is 24.4 Å². The topological polar surface area (TPSA) is 90.0 Å². The summed E-state index contributed by atoms with van der Waals surface area (Å²) >= 11 is 1.54. The molecule has 0 radical (unpaired) electrons. The maximum Gasteiger partial charge on any atom is 0.271 e. The molecule has 0 bridgehead atoms. The highest BCUT2D eigenvalue weighted by Gasteiger charge is 2.27. The SMILES string of the molecule is COCCOCCOCC(=O)N1CCC(c2nc(C(=O)NC3CCCc4ccccc43)cs2)CC1. The normalized spacial score (nSPS) is 18.3. The van der Waals surface area contributed by atoms with E-state index in [1.807, 2.05) is 16.3 Å². The molecular weight excluding hydrogens is 466 g/mol. The second kappa shape index (κ2) is 13.1. The van der Waals surface area contributed by atoms with E-state index in [1.165, 1.54) is 11.1 Å². The number of fused-ring (bicyclic) bond motifs is 1. The van der Waals surface area contributed by atoms with Crippen LogP contribution >= 0.6 is 11.3 Å². The van der Waals surface area contributed by atoms with Gasteiger partial charge in [-0.1, -0.05) is 24.3 Å². The summed E-state index contributed by atoms with van der Waals surface area (Å²) in [4.78, 5) is 31.9. The monoisotopic (exact) mass is 501 g/mol. The molecule has 1 saturated heterocycles. The average molecular weight is 502 g/mol. The van der Waals surface area contributed by atoms with Gasteiger partial charge in [0.05, 0.1) is 37.5 Å². The quantitative estimate of drug-likeness (QED) is 0.475. The molecular formula is C26H35N3O5S. The van der Waals surface area contributed by atoms with Gasteiger partial charge in [0.1, 0.15) is 12.3 Å². The first-order valence-electron chi connectivity index (χ1n) is 12.4. The largest absolute Gasteiger partial charge is 0.382 e. The van der Waals surface area contributed by atoms with Crippen LogP contribution in [0.2, 0.25) is 0 Å². The van der Waals surface area contributed by atoms with Gasteiger partial charge in [-0.15, -0.1) is 11.3 Å². The van der Waals surface area contributed by atoms with Gasteiger partial charge in [0.2, 0.25) is 5.91 Å². The number of carbonyl (C=O) groups excluding carboxylic acids is 2. The number of thiazole rings is 1. The van der Waals surface area contributed by atoms with E-state index in [0.29, 0.717) is 45.2 Å². The lowest BCUT2D eigenvalue weighted by Gasteiger charge is -2.31. The van der Waals surface area contributed by atoms with Crippen LogP contribution in [0.15, 0.2) is 29.6 Å². The Morgan fingerprint density at radius 3 is 2.69 bits per heavy atom. The van der Waals surface area contributed by atoms with Crippen molar-refractivity contribution in [3.8, 4) is 0 Å². The second-order valence-electron chi connectivity index (χ2n) is 9.00. The first-order valence-corrected chi connectivity index (χ1v) is 13.3. The fraction of sp³-hybridized carbons (Fsp3) is 0.577. The Labute approximate surface area is 211 Å². The minimum atomic E-state index is -0.106. The van der Waals surface area contributed by atoms with Crippen molar-refractivity contribution >= 4 is 23.2 Å². The number of likely N-dealkylation sites (tertiary alicyclic amines) is 1. The molecule has 1 atom stereocenters. The lowest BCUT2D eigenvalue weighted by atomic mass is 9.88. The van der Waals surface area contributed by atoms with Gasteiger partial charge in [-0.3, -0.25) is 9.59 Å². The minimum absolute atomic E-state index is 0.00677. The van der Waals surface area contributed by atoms with Crippen molar-refractivity contribution in [2.45, 2.75) is 44.1 Å². The molecule has 8 nitrogen and oxygen atoms in total. The molecule has 2 heterocycles. The number of piperidine rings is 1. The van der Waals surface area contributed by atoms with Crippen molar-refractivity contribution in [1.82, 2.24) is 15.2 Å². The first kappa shape index (κ1) is 25.8. The smallest absolute Gasteiger partial charge is 0.271 e. The molecule has 4 rings (SSSR count). The molecule has 190 valence electrons. The highest BCUT2D eigenvalue weighted by molar-refractivity contribution is 7.09. The van der Waals surface area contributed by atoms with Gasteiger partial charge in [0.25, 0.3) is 5.91 Å². The summed E-state index contributed by atoms with van der Waals surface area (Å²) in [5.74, 6) is 0.175. The lowest BCUT2D eigenvalue weighted by Crippen LogP contribution is -2.40. The third-order valence-electron chi connectivity index (χ3n) is 6.66. The molecule has 2 aromatic rings. The summed E-state index contributed by atoms with van der Waals surface area (Å²) in [7, 11) is 1.63. The highest BCUT2D eigenvalue weighted by Crippen LogP contribution is 2.32. The van der Waals surface area contributed by atoms with Crippen molar-refractivity contribution in [3.05, 3.63) is 51.5 Å². The maximum absolute atomic E-state index is 12.9. The molecule has 2 aliphatic rings. The molecule has 1 aromatic heterocycles. The number of nitrogens with one attached hydrogen (secondary N) is 1. The number of benzene rings is 1. The predicted molar refractivity (Wildman–Crippen MR) is 134 cm³/mol. The summed E-state index contributed by atoms with van der Waals surface area (Å²) in [5.41, 5.74) is 3.04. The van der Waals surface area contributed by atoms with Crippen molar-refractivity contribution in [3.63, 3.8) is 0 Å². The van der Waals surface area contributed by atoms with Crippen LogP contribution in [0.4, 0.5) is 0 Å². The first-order chi connectivity index (χ1) is 17.2. The van der Waals surface area contributed by atoms with E-state index in [0.717, 1.165) is 37.1 Å². The Morgan fingerprint density at radius 1 is 1.09 bits per heavy atom. The van der Waals surface area contributed by atoms with Crippen molar-refractivity contribution in [2.75, 3.05) is 53.2 Å². The number of carbonyl (C=O) groups is 2. The zero-order valence-corrected chi connectivity index (χ0v) is 21.2. The maximum atomic E-state index is 12.9. The van der Waals surface area contributed by atoms with Gasteiger partial charge in [-0.05, 0) is 43.2 Å². The lowest BCUT2D eigenvalue weighted by molar-refractivity contribution is -0.137. The minimum Gasteiger partial charge on any atom is -0.382 e. The van der Waals surface area contributed by atoms with Crippen LogP contribution in [-0.4, -0.2) is 74.9 Å². The zero-order valence-electron chi connectivity index (χ0n) is 20.4. The van der Waals surface area contributed by atoms with Crippen LogP contribution in [0.3, 0.4) is 0 Å². The van der Waals surface area contributed by atoms with Crippen LogP contribution in [0.5, 0.6) is 0 Å². The number of methoxy groups -OCH3 is 1. The summed E-state index contributed by atoms with van der Waals surface area (Å²) in [5, 5.41) is 6.03. The van der Waals surface area contributed by atoms with Crippen molar-refractivity contribution < 1.29 is 23.8 Å². The Kier molecular flexibility index (Phi) is 9.65. The van der Waals surface area contributed by atoms with Crippen LogP contribution in [-0.2, 0) is 25.4 Å². The molecule has 1 aliphatic carbocycles. The number of hydrogen-bond donors (Lipinski definition) is 1. The summed E-state index contributed by atoms with van der Waals surface area (Å²) in [6.45, 7) is 3.34. The van der Waals surface area contributed by atoms with E-state index in [-0.39, 0.29) is 30.4 Å². The summed E-state index contributed by atoms with van der Waals surface area (Å²) in [6.07, 6.45) is 4.79. The van der Waals surface area contributed by atoms with Crippen LogP contribution in [0, 0.1) is 0 Å². The highest BCUT2D eigenvalue weighted by atomic mass is 32.1. The van der Waals surface area contributed by atoms with E-state index in [9.17, 15) is 9.59 Å². The number of aryl methyl sites for hydroxylation is 1. The van der Waals surface area contributed by atoms with Gasteiger partial charge in [-0.25, -0.2) is 4.98 Å². The van der Waals surface area contributed by atoms with Crippen molar-refractivity contribution in [1.29, 1.82) is 0 Å². The van der Waals surface area contributed by atoms with E-state index in [1.54, 1.807) is 18.4 Å². The van der Waals surface area contributed by atoms with Crippen molar-refractivity contribution in [2.24, 2.45) is 0 Å². The average Bonchev–Trinajstić information content (AvgIpc) is 3.39. The number of ether oxygens (including phenoxy) is 3. The Bertz CT molecular complexity index is 973. The molecule has 1 fully saturated rings. The number of aromatic nitrogens is 1. The van der Waals surface area contributed by atoms with E-state index < -0.39 is 0 Å². The fourth-order valence-electron chi connectivity index (χ4n) is 4.70. The zero-order chi connectivity index (χ0) is 24.5. The van der Waals surface area contributed by atoms with Crippen LogP contribution in [0.25, 0.3) is 0 Å². The molecule has 0 saturated carbocycles. The third-order valence-corrected chi connectivity index (χ3v) is 7.66. The second-order valence-corrected chi connectivity index (χ2v) is 9.89. The van der Waals surface area contributed by atoms with Crippen LogP contribution in [0.1, 0.15) is 64.3 Å². The number of nitrogens with zero attached hydrogens (tertiary/aromatic N) is 2. The van der Waals surface area contributed by atoms with Gasteiger partial charge >= 0.3 is 0 Å². The van der Waals surface area contributed by atoms with Gasteiger partial charge in [0, 0.05) is 31.5 Å². The molecule has 35 heavy (non-hydrogen) atoms. The molecule has 1 unspecified atom stereocenters. The molecule has 1 N–H and O–H groups in total. The fourth-order valence-corrected chi connectivity index (χ4v) is 5.68. The predicted octanol–water partition coefficient (Wildman–Crippen LogP) is 3.34. The molecule has 1 aliphatic heterocycles. The van der Waals surface area contributed by atoms with Gasteiger partial charge in [-0.2, -0.15) is 0 Å². The Balaban J connectivity index is 1.20. The molecule has 2 amide bonds. The Hall–Kier alpha value is -2.33. The number of amides is 2. The van der Waals surface area contributed by atoms with E-state index in [2.05, 4.69) is 28.5 Å². The molecule has 9 heteroatoms. The Morgan fingerprint density at radius 2 is 1.86 bits per heavy atom. The number of hydrogen-bond acceptors (Lipinski definition) is 7.